The summed E-state index contributed by atoms with van der Waals surface area (Å²) in [5.41, 5.74) is 2.38. The van der Waals surface area contributed by atoms with E-state index in [0.29, 0.717) is 23.0 Å². The summed E-state index contributed by atoms with van der Waals surface area (Å²) in [7, 11) is 1.69. The Morgan fingerprint density at radius 1 is 1.02 bits per heavy atom. The topological polar surface area (TPSA) is 90.1 Å². The molecule has 2 heterocycles. The van der Waals surface area contributed by atoms with Crippen molar-refractivity contribution in [2.45, 2.75) is 32.4 Å². The average molecular weight is 596 g/mol. The van der Waals surface area contributed by atoms with Crippen molar-refractivity contribution in [3.05, 3.63) is 107 Å². The van der Waals surface area contributed by atoms with E-state index in [0.717, 1.165) is 29.7 Å². The molecule has 0 radical (unpaired) electrons. The average Bonchev–Trinajstić information content (AvgIpc) is 3.39. The standard InChI is InChI=1S/C31H26F5N5O2/c1-4-17-11-12-41(3)29(43)22-14-19(8-9-21(17)22)37-25-15-20(7-5-16(25)2)38-28(42)27-26(39-30(40-27)31(34,35)36)18-6-10-23(32)24(33)13-18/h5-15,17,37H,4H2,1-3H3,(H,38,42)(H,39,40). The molecule has 1 aliphatic heterocycles. The van der Waals surface area contributed by atoms with E-state index in [1.165, 1.54) is 4.90 Å². The third-order valence-corrected chi connectivity index (χ3v) is 7.15. The van der Waals surface area contributed by atoms with Gasteiger partial charge < -0.3 is 20.5 Å². The Hall–Kier alpha value is -5.00. The highest BCUT2D eigenvalue weighted by Crippen LogP contribution is 2.34. The Labute approximate surface area is 243 Å². The molecule has 0 fully saturated rings. The van der Waals surface area contributed by atoms with Crippen molar-refractivity contribution in [2.75, 3.05) is 17.7 Å². The van der Waals surface area contributed by atoms with Gasteiger partial charge in [-0.1, -0.05) is 25.1 Å². The molecule has 43 heavy (non-hydrogen) atoms. The molecule has 5 rings (SSSR count). The van der Waals surface area contributed by atoms with Crippen LogP contribution >= 0.6 is 0 Å². The van der Waals surface area contributed by atoms with Gasteiger partial charge in [0, 0.05) is 47.4 Å². The molecule has 0 saturated carbocycles. The largest absolute Gasteiger partial charge is 0.449 e. The van der Waals surface area contributed by atoms with Gasteiger partial charge in [0.2, 0.25) is 5.82 Å². The summed E-state index contributed by atoms with van der Waals surface area (Å²) >= 11 is 0. The Bertz CT molecular complexity index is 1760. The molecular formula is C31H26F5N5O2. The summed E-state index contributed by atoms with van der Waals surface area (Å²) in [6.45, 7) is 3.86. The van der Waals surface area contributed by atoms with E-state index in [4.69, 9.17) is 0 Å². The Kier molecular flexibility index (Phi) is 7.78. The van der Waals surface area contributed by atoms with Crippen molar-refractivity contribution in [1.82, 2.24) is 14.9 Å². The monoisotopic (exact) mass is 595 g/mol. The molecule has 222 valence electrons. The van der Waals surface area contributed by atoms with Gasteiger partial charge in [-0.15, -0.1) is 0 Å². The number of alkyl halides is 3. The van der Waals surface area contributed by atoms with Crippen LogP contribution in [-0.2, 0) is 6.18 Å². The smallest absolute Gasteiger partial charge is 0.355 e. The van der Waals surface area contributed by atoms with E-state index in [-0.39, 0.29) is 23.1 Å². The zero-order valence-electron chi connectivity index (χ0n) is 23.2. The number of aromatic amines is 1. The number of imidazole rings is 1. The van der Waals surface area contributed by atoms with Crippen molar-refractivity contribution in [2.24, 2.45) is 0 Å². The minimum atomic E-state index is -4.93. The molecular weight excluding hydrogens is 569 g/mol. The number of hydrogen-bond donors (Lipinski definition) is 3. The van der Waals surface area contributed by atoms with E-state index in [9.17, 15) is 31.5 Å². The van der Waals surface area contributed by atoms with E-state index in [1.807, 2.05) is 37.0 Å². The second-order valence-corrected chi connectivity index (χ2v) is 10.1. The molecule has 0 saturated heterocycles. The number of fused-ring (bicyclic) bond motifs is 1. The van der Waals surface area contributed by atoms with Gasteiger partial charge in [0.15, 0.2) is 11.6 Å². The van der Waals surface area contributed by atoms with Gasteiger partial charge in [0.1, 0.15) is 11.4 Å². The molecule has 2 amide bonds. The Morgan fingerprint density at radius 2 is 1.77 bits per heavy atom. The Morgan fingerprint density at radius 3 is 2.47 bits per heavy atom. The van der Waals surface area contributed by atoms with E-state index >= 15 is 0 Å². The number of aryl methyl sites for hydroxylation is 1. The second kappa shape index (κ2) is 11.3. The molecule has 12 heteroatoms. The summed E-state index contributed by atoms with van der Waals surface area (Å²) in [4.78, 5) is 33.1. The van der Waals surface area contributed by atoms with Crippen LogP contribution in [0.15, 0.2) is 66.9 Å². The maximum Gasteiger partial charge on any atom is 0.449 e. The lowest BCUT2D eigenvalue weighted by molar-refractivity contribution is -0.144. The van der Waals surface area contributed by atoms with Crippen LogP contribution in [0.2, 0.25) is 0 Å². The third kappa shape index (κ3) is 5.99. The molecule has 0 spiro atoms. The number of halogens is 5. The zero-order valence-corrected chi connectivity index (χ0v) is 23.2. The highest BCUT2D eigenvalue weighted by Gasteiger charge is 2.37. The summed E-state index contributed by atoms with van der Waals surface area (Å²) in [5, 5.41) is 5.79. The molecule has 1 aliphatic rings. The fourth-order valence-corrected chi connectivity index (χ4v) is 4.80. The van der Waals surface area contributed by atoms with Crippen molar-refractivity contribution in [3.63, 3.8) is 0 Å². The Balaban J connectivity index is 1.44. The van der Waals surface area contributed by atoms with Crippen LogP contribution in [0.25, 0.3) is 11.3 Å². The van der Waals surface area contributed by atoms with Crippen molar-refractivity contribution in [1.29, 1.82) is 0 Å². The lowest BCUT2D eigenvalue weighted by atomic mass is 9.92. The second-order valence-electron chi connectivity index (χ2n) is 10.1. The number of nitrogens with zero attached hydrogens (tertiary/aromatic N) is 2. The van der Waals surface area contributed by atoms with Crippen LogP contribution in [-0.4, -0.2) is 33.7 Å². The first-order valence-electron chi connectivity index (χ1n) is 13.3. The number of H-pyrrole nitrogens is 1. The van der Waals surface area contributed by atoms with Crippen molar-refractivity contribution < 1.29 is 31.5 Å². The number of rotatable bonds is 6. The van der Waals surface area contributed by atoms with Gasteiger partial charge in [0.25, 0.3) is 11.8 Å². The van der Waals surface area contributed by atoms with Crippen LogP contribution in [0.1, 0.15) is 57.1 Å². The number of hydrogen-bond acceptors (Lipinski definition) is 4. The molecule has 1 atom stereocenters. The van der Waals surface area contributed by atoms with Crippen LogP contribution in [0.4, 0.5) is 39.0 Å². The van der Waals surface area contributed by atoms with E-state index in [1.54, 1.807) is 37.5 Å². The molecule has 4 aromatic rings. The van der Waals surface area contributed by atoms with Crippen LogP contribution in [0.3, 0.4) is 0 Å². The molecule has 0 aliphatic carbocycles. The summed E-state index contributed by atoms with van der Waals surface area (Å²) in [5.74, 6) is -5.02. The van der Waals surface area contributed by atoms with Crippen molar-refractivity contribution in [3.8, 4) is 11.3 Å². The minimum absolute atomic E-state index is 0.0786. The third-order valence-electron chi connectivity index (χ3n) is 7.15. The summed E-state index contributed by atoms with van der Waals surface area (Å²) in [6.07, 6.45) is -0.362. The van der Waals surface area contributed by atoms with Gasteiger partial charge in [0.05, 0.1) is 0 Å². The number of allylic oxidation sites excluding steroid dienone is 1. The summed E-state index contributed by atoms with van der Waals surface area (Å²) in [6, 6.07) is 12.8. The van der Waals surface area contributed by atoms with Gasteiger partial charge in [-0.25, -0.2) is 13.8 Å². The molecule has 7 nitrogen and oxygen atoms in total. The maximum atomic E-state index is 13.9. The normalized spacial score (nSPS) is 14.8. The number of carbonyl (C=O) groups excluding carboxylic acids is 2. The predicted octanol–water partition coefficient (Wildman–Crippen LogP) is 7.77. The minimum Gasteiger partial charge on any atom is -0.355 e. The number of aromatic nitrogens is 2. The predicted molar refractivity (Wildman–Crippen MR) is 152 cm³/mol. The molecule has 3 aromatic carbocycles. The number of nitrogens with one attached hydrogen (secondary N) is 3. The summed E-state index contributed by atoms with van der Waals surface area (Å²) < 4.78 is 67.7. The highest BCUT2D eigenvalue weighted by atomic mass is 19.4. The fraction of sp³-hybridized carbons (Fsp3) is 0.194. The van der Waals surface area contributed by atoms with Crippen LogP contribution < -0.4 is 10.6 Å². The van der Waals surface area contributed by atoms with Gasteiger partial charge >= 0.3 is 6.18 Å². The molecule has 3 N–H and O–H groups in total. The zero-order chi connectivity index (χ0) is 31.1. The fourth-order valence-electron chi connectivity index (χ4n) is 4.80. The highest BCUT2D eigenvalue weighted by molar-refractivity contribution is 6.07. The quantitative estimate of drug-likeness (QED) is 0.199. The lowest BCUT2D eigenvalue weighted by Gasteiger charge is -2.17. The number of benzene rings is 3. The number of carbonyl (C=O) groups is 2. The van der Waals surface area contributed by atoms with E-state index in [2.05, 4.69) is 15.6 Å². The van der Waals surface area contributed by atoms with Crippen molar-refractivity contribution >= 4 is 28.9 Å². The first-order chi connectivity index (χ1) is 20.3. The first-order valence-corrected chi connectivity index (χ1v) is 13.3. The SMILES string of the molecule is CCC1C=CN(C)C(=O)c2cc(Nc3cc(NC(=O)c4[nH]c(C(F)(F)F)nc4-c4ccc(F)c(F)c4)ccc3C)ccc21. The number of anilines is 3. The van der Waals surface area contributed by atoms with E-state index < -0.39 is 40.9 Å². The molecule has 1 unspecified atom stereocenters. The number of amides is 2. The molecule has 1 aromatic heterocycles. The lowest BCUT2D eigenvalue weighted by Crippen LogP contribution is -2.20. The van der Waals surface area contributed by atoms with Gasteiger partial charge in [-0.05, 0) is 66.9 Å². The van der Waals surface area contributed by atoms with Gasteiger partial charge in [-0.3, -0.25) is 9.59 Å². The van der Waals surface area contributed by atoms with Crippen LogP contribution in [0.5, 0.6) is 0 Å². The first kappa shape index (κ1) is 29.5. The van der Waals surface area contributed by atoms with Crippen LogP contribution in [0, 0.1) is 18.6 Å². The van der Waals surface area contributed by atoms with Gasteiger partial charge in [-0.2, -0.15) is 13.2 Å². The maximum absolute atomic E-state index is 13.9. The molecule has 0 bridgehead atoms.